The minimum absolute atomic E-state index is 0.0595. The zero-order valence-electron chi connectivity index (χ0n) is 14.4. The fourth-order valence-corrected chi connectivity index (χ4v) is 3.99. The van der Waals surface area contributed by atoms with Crippen LogP contribution in [0.3, 0.4) is 0 Å². The summed E-state index contributed by atoms with van der Waals surface area (Å²) in [4.78, 5) is 17.0. The number of ether oxygens (including phenoxy) is 2. The third-order valence-electron chi connectivity index (χ3n) is 3.85. The van der Waals surface area contributed by atoms with Gasteiger partial charge in [0, 0.05) is 15.8 Å². The number of fused-ring (bicyclic) bond motifs is 1. The molecule has 1 aliphatic rings. The number of hydrogen-bond acceptors (Lipinski definition) is 6. The Morgan fingerprint density at radius 3 is 2.75 bits per heavy atom. The van der Waals surface area contributed by atoms with Crippen molar-refractivity contribution in [2.45, 2.75) is 4.90 Å². The van der Waals surface area contributed by atoms with Crippen molar-refractivity contribution in [3.05, 3.63) is 53.4 Å². The van der Waals surface area contributed by atoms with Crippen LogP contribution in [0.1, 0.15) is 0 Å². The molecule has 0 bridgehead atoms. The SMILES string of the molecule is O=C(CSc1ccc(F)c(F)c1)Nc1nc(-c2ccc3c(c2)OCCO3)cs1. The first-order valence-electron chi connectivity index (χ1n) is 8.32. The van der Waals surface area contributed by atoms with Crippen molar-refractivity contribution in [2.75, 3.05) is 24.3 Å². The molecule has 0 aliphatic carbocycles. The Morgan fingerprint density at radius 2 is 1.93 bits per heavy atom. The van der Waals surface area contributed by atoms with E-state index in [0.29, 0.717) is 40.4 Å². The van der Waals surface area contributed by atoms with Gasteiger partial charge in [0.25, 0.3) is 0 Å². The maximum atomic E-state index is 13.2. The van der Waals surface area contributed by atoms with Gasteiger partial charge in [-0.1, -0.05) is 0 Å². The minimum atomic E-state index is -0.936. The highest BCUT2D eigenvalue weighted by molar-refractivity contribution is 8.00. The summed E-state index contributed by atoms with van der Waals surface area (Å²) < 4.78 is 37.2. The van der Waals surface area contributed by atoms with E-state index in [-0.39, 0.29) is 11.7 Å². The van der Waals surface area contributed by atoms with Gasteiger partial charge in [-0.3, -0.25) is 4.79 Å². The summed E-state index contributed by atoms with van der Waals surface area (Å²) in [6.07, 6.45) is 0. The Bertz CT molecular complexity index is 1030. The zero-order valence-corrected chi connectivity index (χ0v) is 16.0. The normalized spacial score (nSPS) is 12.6. The average molecular weight is 420 g/mol. The number of nitrogens with zero attached hydrogens (tertiary/aromatic N) is 1. The number of aromatic nitrogens is 1. The number of rotatable bonds is 5. The number of anilines is 1. The minimum Gasteiger partial charge on any atom is -0.486 e. The smallest absolute Gasteiger partial charge is 0.236 e. The van der Waals surface area contributed by atoms with Gasteiger partial charge in [0.2, 0.25) is 5.91 Å². The lowest BCUT2D eigenvalue weighted by Crippen LogP contribution is -2.15. The third-order valence-corrected chi connectivity index (χ3v) is 5.60. The molecule has 2 aromatic carbocycles. The topological polar surface area (TPSA) is 60.5 Å². The van der Waals surface area contributed by atoms with E-state index in [1.54, 1.807) is 0 Å². The zero-order chi connectivity index (χ0) is 19.5. The molecule has 1 N–H and O–H groups in total. The molecule has 9 heteroatoms. The van der Waals surface area contributed by atoms with E-state index in [9.17, 15) is 13.6 Å². The van der Waals surface area contributed by atoms with Crippen molar-refractivity contribution < 1.29 is 23.0 Å². The van der Waals surface area contributed by atoms with Crippen LogP contribution in [0.5, 0.6) is 11.5 Å². The van der Waals surface area contributed by atoms with Crippen molar-refractivity contribution in [3.63, 3.8) is 0 Å². The second-order valence-corrected chi connectivity index (χ2v) is 7.72. The van der Waals surface area contributed by atoms with E-state index in [1.807, 2.05) is 23.6 Å². The molecule has 0 fully saturated rings. The summed E-state index contributed by atoms with van der Waals surface area (Å²) in [5, 5.41) is 5.01. The standard InChI is InChI=1S/C19H14F2N2O3S2/c20-13-3-2-12(8-14(13)21)27-10-18(24)23-19-22-15(9-28-19)11-1-4-16-17(7-11)26-6-5-25-16/h1-4,7-9H,5-6,10H2,(H,22,23,24). The van der Waals surface area contributed by atoms with Crippen molar-refractivity contribution in [2.24, 2.45) is 0 Å². The fraction of sp³-hybridized carbons (Fsp3) is 0.158. The van der Waals surface area contributed by atoms with Crippen LogP contribution in [0.15, 0.2) is 46.7 Å². The second-order valence-electron chi connectivity index (χ2n) is 5.81. The molecule has 0 saturated carbocycles. The van der Waals surface area contributed by atoms with E-state index in [2.05, 4.69) is 10.3 Å². The van der Waals surface area contributed by atoms with Gasteiger partial charge in [-0.2, -0.15) is 0 Å². The predicted octanol–water partition coefficient (Wildman–Crippen LogP) is 4.59. The summed E-state index contributed by atoms with van der Waals surface area (Å²) in [5.41, 5.74) is 1.57. The van der Waals surface area contributed by atoms with Gasteiger partial charge in [0.05, 0.1) is 11.4 Å². The molecule has 1 amide bonds. The lowest BCUT2D eigenvalue weighted by molar-refractivity contribution is -0.113. The molecule has 4 rings (SSSR count). The number of thioether (sulfide) groups is 1. The van der Waals surface area contributed by atoms with Crippen molar-refractivity contribution in [1.29, 1.82) is 0 Å². The molecule has 0 unspecified atom stereocenters. The van der Waals surface area contributed by atoms with Crippen LogP contribution in [0.2, 0.25) is 0 Å². The first-order valence-corrected chi connectivity index (χ1v) is 10.2. The molecule has 2 heterocycles. The molecule has 0 atom stereocenters. The lowest BCUT2D eigenvalue weighted by atomic mass is 10.1. The Hall–Kier alpha value is -2.65. The molecule has 0 saturated heterocycles. The number of carbonyl (C=O) groups excluding carboxylic acids is 1. The summed E-state index contributed by atoms with van der Waals surface area (Å²) >= 11 is 2.42. The number of nitrogens with one attached hydrogen (secondary N) is 1. The van der Waals surface area contributed by atoms with Gasteiger partial charge in [-0.05, 0) is 36.4 Å². The molecule has 28 heavy (non-hydrogen) atoms. The van der Waals surface area contributed by atoms with Gasteiger partial charge >= 0.3 is 0 Å². The van der Waals surface area contributed by atoms with E-state index in [1.165, 1.54) is 17.4 Å². The van der Waals surface area contributed by atoms with E-state index in [4.69, 9.17) is 9.47 Å². The molecule has 1 aromatic heterocycles. The number of carbonyl (C=O) groups is 1. The second kappa shape index (κ2) is 8.15. The number of halogens is 2. The van der Waals surface area contributed by atoms with Gasteiger partial charge in [-0.15, -0.1) is 23.1 Å². The first-order chi connectivity index (χ1) is 13.6. The molecule has 0 spiro atoms. The van der Waals surface area contributed by atoms with Gasteiger partial charge in [-0.25, -0.2) is 13.8 Å². The summed E-state index contributed by atoms with van der Waals surface area (Å²) in [6, 6.07) is 9.10. The largest absolute Gasteiger partial charge is 0.486 e. The summed E-state index contributed by atoms with van der Waals surface area (Å²) in [5.74, 6) is -0.696. The van der Waals surface area contributed by atoms with Gasteiger partial charge < -0.3 is 14.8 Å². The van der Waals surface area contributed by atoms with E-state index < -0.39 is 11.6 Å². The van der Waals surface area contributed by atoms with Gasteiger partial charge in [0.15, 0.2) is 28.3 Å². The van der Waals surface area contributed by atoms with E-state index >= 15 is 0 Å². The Balaban J connectivity index is 1.37. The maximum absolute atomic E-state index is 13.2. The Kier molecular flexibility index (Phi) is 5.45. The number of benzene rings is 2. The number of amides is 1. The van der Waals surface area contributed by atoms with Crippen LogP contribution in [-0.4, -0.2) is 29.9 Å². The molecule has 144 valence electrons. The van der Waals surface area contributed by atoms with Crippen LogP contribution < -0.4 is 14.8 Å². The number of thiazole rings is 1. The van der Waals surface area contributed by atoms with E-state index in [0.717, 1.165) is 29.5 Å². The Morgan fingerprint density at radius 1 is 1.11 bits per heavy atom. The van der Waals surface area contributed by atoms with Crippen molar-refractivity contribution in [3.8, 4) is 22.8 Å². The molecule has 0 radical (unpaired) electrons. The number of hydrogen-bond donors (Lipinski definition) is 1. The summed E-state index contributed by atoms with van der Waals surface area (Å²) in [6.45, 7) is 1.03. The van der Waals surface area contributed by atoms with Gasteiger partial charge in [0.1, 0.15) is 13.2 Å². The highest BCUT2D eigenvalue weighted by Crippen LogP contribution is 2.35. The first kappa shape index (κ1) is 18.7. The highest BCUT2D eigenvalue weighted by atomic mass is 32.2. The molecule has 5 nitrogen and oxygen atoms in total. The average Bonchev–Trinajstić information content (AvgIpc) is 3.17. The monoisotopic (exact) mass is 420 g/mol. The van der Waals surface area contributed by atoms with Crippen LogP contribution in [0.25, 0.3) is 11.3 Å². The highest BCUT2D eigenvalue weighted by Gasteiger charge is 2.14. The van der Waals surface area contributed by atoms with Crippen LogP contribution in [0, 0.1) is 11.6 Å². The quantitative estimate of drug-likeness (QED) is 0.612. The predicted molar refractivity (Wildman–Crippen MR) is 104 cm³/mol. The maximum Gasteiger partial charge on any atom is 0.236 e. The van der Waals surface area contributed by atoms with Crippen LogP contribution in [0.4, 0.5) is 13.9 Å². The van der Waals surface area contributed by atoms with Crippen LogP contribution in [-0.2, 0) is 4.79 Å². The van der Waals surface area contributed by atoms with Crippen LogP contribution >= 0.6 is 23.1 Å². The molecule has 1 aliphatic heterocycles. The molecular formula is C19H14F2N2O3S2. The molecular weight excluding hydrogens is 406 g/mol. The third kappa shape index (κ3) is 4.26. The lowest BCUT2D eigenvalue weighted by Gasteiger charge is -2.18. The Labute approximate surface area is 167 Å². The molecule has 3 aromatic rings. The van der Waals surface area contributed by atoms with Crippen molar-refractivity contribution >= 4 is 34.1 Å². The summed E-state index contributed by atoms with van der Waals surface area (Å²) in [7, 11) is 0. The fourth-order valence-electron chi connectivity index (χ4n) is 2.54. The van der Waals surface area contributed by atoms with Crippen molar-refractivity contribution in [1.82, 2.24) is 4.98 Å².